The smallest absolute Gasteiger partial charge is 0.266 e. The molecule has 1 aromatic heterocycles. The Labute approximate surface area is 188 Å². The molecule has 0 saturated carbocycles. The van der Waals surface area contributed by atoms with E-state index in [-0.39, 0.29) is 11.0 Å². The topological polar surface area (TPSA) is 34.9 Å². The van der Waals surface area contributed by atoms with E-state index in [1.54, 1.807) is 16.3 Å². The molecule has 31 heavy (non-hydrogen) atoms. The number of fused-ring (bicyclic) bond motifs is 1. The quantitative estimate of drug-likeness (QED) is 0.272. The van der Waals surface area contributed by atoms with Gasteiger partial charge < -0.3 is 0 Å². The summed E-state index contributed by atoms with van der Waals surface area (Å²) in [5.41, 5.74) is 6.51. The lowest BCUT2D eigenvalue weighted by molar-refractivity contribution is 0.590. The van der Waals surface area contributed by atoms with Gasteiger partial charge in [0.05, 0.1) is 16.6 Å². The molecule has 0 atom stereocenters. The van der Waals surface area contributed by atoms with E-state index in [2.05, 4.69) is 58.0 Å². The summed E-state index contributed by atoms with van der Waals surface area (Å²) in [7, 11) is 0. The number of nitrogens with zero attached hydrogens (tertiary/aromatic N) is 2. The summed E-state index contributed by atoms with van der Waals surface area (Å²) in [6, 6.07) is 22.5. The molecule has 0 amide bonds. The second kappa shape index (κ2) is 8.35. The number of rotatable bonds is 4. The summed E-state index contributed by atoms with van der Waals surface area (Å²) in [6.07, 6.45) is 0. The Morgan fingerprint density at radius 3 is 2.32 bits per heavy atom. The third-order valence-electron chi connectivity index (χ3n) is 5.53. The molecule has 0 saturated heterocycles. The van der Waals surface area contributed by atoms with Crippen LogP contribution in [0.2, 0.25) is 0 Å². The van der Waals surface area contributed by atoms with E-state index in [4.69, 9.17) is 4.98 Å². The van der Waals surface area contributed by atoms with Gasteiger partial charge in [-0.3, -0.25) is 9.36 Å². The number of benzene rings is 3. The van der Waals surface area contributed by atoms with Gasteiger partial charge in [0, 0.05) is 5.75 Å². The predicted molar refractivity (Wildman–Crippen MR) is 132 cm³/mol. The lowest BCUT2D eigenvalue weighted by Gasteiger charge is -2.19. The van der Waals surface area contributed by atoms with E-state index in [1.165, 1.54) is 16.7 Å². The zero-order chi connectivity index (χ0) is 22.2. The number of hydrogen-bond acceptors (Lipinski definition) is 3. The molecule has 4 rings (SSSR count). The highest BCUT2D eigenvalue weighted by Crippen LogP contribution is 2.28. The van der Waals surface area contributed by atoms with Crippen molar-refractivity contribution in [1.29, 1.82) is 0 Å². The molecule has 4 heteroatoms. The van der Waals surface area contributed by atoms with E-state index in [1.807, 2.05) is 43.3 Å². The van der Waals surface area contributed by atoms with Crippen LogP contribution >= 0.6 is 11.8 Å². The predicted octanol–water partition coefficient (Wildman–Crippen LogP) is 6.59. The van der Waals surface area contributed by atoms with Gasteiger partial charge in [0.1, 0.15) is 0 Å². The van der Waals surface area contributed by atoms with Crippen molar-refractivity contribution in [3.8, 4) is 5.69 Å². The minimum absolute atomic E-state index is 0.0249. The van der Waals surface area contributed by atoms with Gasteiger partial charge in [-0.05, 0) is 54.2 Å². The van der Waals surface area contributed by atoms with Crippen molar-refractivity contribution < 1.29 is 0 Å². The van der Waals surface area contributed by atoms with Crippen molar-refractivity contribution in [1.82, 2.24) is 9.55 Å². The van der Waals surface area contributed by atoms with Crippen LogP contribution in [0, 0.1) is 13.8 Å². The first-order valence-corrected chi connectivity index (χ1v) is 11.5. The van der Waals surface area contributed by atoms with E-state index in [0.29, 0.717) is 5.39 Å². The maximum absolute atomic E-state index is 13.5. The Bertz CT molecular complexity index is 1300. The molecule has 0 bridgehead atoms. The van der Waals surface area contributed by atoms with Gasteiger partial charge in [-0.1, -0.05) is 86.6 Å². The van der Waals surface area contributed by atoms with Gasteiger partial charge in [-0.15, -0.1) is 0 Å². The lowest BCUT2D eigenvalue weighted by Crippen LogP contribution is -2.22. The van der Waals surface area contributed by atoms with Crippen LogP contribution in [0.3, 0.4) is 0 Å². The Morgan fingerprint density at radius 2 is 1.65 bits per heavy atom. The molecule has 0 N–H and O–H groups in total. The molecule has 0 radical (unpaired) electrons. The maximum Gasteiger partial charge on any atom is 0.266 e. The molecule has 158 valence electrons. The molecular weight excluding hydrogens is 400 g/mol. The highest BCUT2D eigenvalue weighted by Gasteiger charge is 2.16. The SMILES string of the molecule is Cc1ccc(-n2c(SCc3ccc(C(C)(C)C)cc3)nc3ccccc3c2=O)c(C)c1. The summed E-state index contributed by atoms with van der Waals surface area (Å²) in [5.74, 6) is 0.750. The van der Waals surface area contributed by atoms with Crippen molar-refractivity contribution >= 4 is 22.7 Å². The van der Waals surface area contributed by atoms with Crippen LogP contribution in [0.5, 0.6) is 0 Å². The number of para-hydroxylation sites is 1. The minimum atomic E-state index is -0.0249. The van der Waals surface area contributed by atoms with E-state index in [9.17, 15) is 4.79 Å². The van der Waals surface area contributed by atoms with Crippen molar-refractivity contribution in [3.05, 3.63) is 99.3 Å². The molecule has 0 aliphatic heterocycles. The van der Waals surface area contributed by atoms with E-state index in [0.717, 1.165) is 27.7 Å². The number of aryl methyl sites for hydroxylation is 2. The fraction of sp³-hybridized carbons (Fsp3) is 0.259. The first kappa shape index (κ1) is 21.4. The van der Waals surface area contributed by atoms with Crippen molar-refractivity contribution in [2.24, 2.45) is 0 Å². The zero-order valence-corrected chi connectivity index (χ0v) is 19.6. The summed E-state index contributed by atoms with van der Waals surface area (Å²) in [6.45, 7) is 10.8. The number of hydrogen-bond donors (Lipinski definition) is 0. The number of aromatic nitrogens is 2. The molecule has 0 spiro atoms. The minimum Gasteiger partial charge on any atom is -0.268 e. The van der Waals surface area contributed by atoms with Crippen LogP contribution in [-0.4, -0.2) is 9.55 Å². The molecule has 0 fully saturated rings. The highest BCUT2D eigenvalue weighted by atomic mass is 32.2. The first-order chi connectivity index (χ1) is 14.7. The summed E-state index contributed by atoms with van der Waals surface area (Å²) in [4.78, 5) is 18.3. The van der Waals surface area contributed by atoms with Crippen molar-refractivity contribution in [3.63, 3.8) is 0 Å². The Balaban J connectivity index is 1.77. The monoisotopic (exact) mass is 428 g/mol. The van der Waals surface area contributed by atoms with Gasteiger partial charge in [0.25, 0.3) is 5.56 Å². The number of thioether (sulfide) groups is 1. The lowest BCUT2D eigenvalue weighted by atomic mass is 9.87. The third-order valence-corrected chi connectivity index (χ3v) is 6.54. The Morgan fingerprint density at radius 1 is 0.935 bits per heavy atom. The average Bonchev–Trinajstić information content (AvgIpc) is 2.73. The van der Waals surface area contributed by atoms with Crippen LogP contribution in [0.4, 0.5) is 0 Å². The van der Waals surface area contributed by atoms with E-state index >= 15 is 0 Å². The van der Waals surface area contributed by atoms with Crippen LogP contribution in [0.1, 0.15) is 43.0 Å². The van der Waals surface area contributed by atoms with Crippen LogP contribution in [0.15, 0.2) is 76.7 Å². The van der Waals surface area contributed by atoms with Crippen LogP contribution < -0.4 is 5.56 Å². The fourth-order valence-electron chi connectivity index (χ4n) is 3.73. The van der Waals surface area contributed by atoms with Crippen LogP contribution in [0.25, 0.3) is 16.6 Å². The molecule has 3 nitrogen and oxygen atoms in total. The highest BCUT2D eigenvalue weighted by molar-refractivity contribution is 7.98. The van der Waals surface area contributed by atoms with Crippen LogP contribution in [-0.2, 0) is 11.2 Å². The summed E-state index contributed by atoms with van der Waals surface area (Å²) < 4.78 is 1.77. The molecule has 3 aromatic carbocycles. The fourth-order valence-corrected chi connectivity index (χ4v) is 4.69. The Hall–Kier alpha value is -2.85. The zero-order valence-electron chi connectivity index (χ0n) is 18.8. The maximum atomic E-state index is 13.5. The standard InChI is InChI=1S/C27H28N2OS/c1-18-10-15-24(19(2)16-18)29-25(30)22-8-6-7-9-23(22)28-26(29)31-17-20-11-13-21(14-12-20)27(3,4)5/h6-16H,17H2,1-5H3. The summed E-state index contributed by atoms with van der Waals surface area (Å²) >= 11 is 1.60. The molecule has 4 aromatic rings. The molecule has 0 aliphatic carbocycles. The van der Waals surface area contributed by atoms with Gasteiger partial charge in [-0.25, -0.2) is 4.98 Å². The van der Waals surface area contributed by atoms with E-state index < -0.39 is 0 Å². The molecular formula is C27H28N2OS. The van der Waals surface area contributed by atoms with Crippen molar-refractivity contribution in [2.75, 3.05) is 0 Å². The van der Waals surface area contributed by atoms with Gasteiger partial charge in [0.2, 0.25) is 0 Å². The second-order valence-electron chi connectivity index (χ2n) is 9.08. The second-order valence-corrected chi connectivity index (χ2v) is 10.0. The first-order valence-electron chi connectivity index (χ1n) is 10.6. The van der Waals surface area contributed by atoms with Gasteiger partial charge in [0.15, 0.2) is 5.16 Å². The average molecular weight is 429 g/mol. The third kappa shape index (κ3) is 4.45. The summed E-state index contributed by atoms with van der Waals surface area (Å²) in [5, 5.41) is 1.36. The molecule has 0 unspecified atom stereocenters. The Kier molecular flexibility index (Phi) is 5.76. The molecule has 1 heterocycles. The van der Waals surface area contributed by atoms with Crippen molar-refractivity contribution in [2.45, 2.75) is 50.9 Å². The molecule has 0 aliphatic rings. The largest absolute Gasteiger partial charge is 0.268 e. The normalized spacial score (nSPS) is 11.8. The van der Waals surface area contributed by atoms with Gasteiger partial charge >= 0.3 is 0 Å². The van der Waals surface area contributed by atoms with Gasteiger partial charge in [-0.2, -0.15) is 0 Å².